The Morgan fingerprint density at radius 1 is 1.15 bits per heavy atom. The zero-order valence-corrected chi connectivity index (χ0v) is 11.4. The third kappa shape index (κ3) is 2.54. The van der Waals surface area contributed by atoms with Crippen LogP contribution in [0, 0.1) is 13.8 Å². The van der Waals surface area contributed by atoms with E-state index in [1.165, 1.54) is 11.1 Å². The molecular weight excluding hydrogens is 250 g/mol. The smallest absolute Gasteiger partial charge is 0.316 e. The van der Waals surface area contributed by atoms with Gasteiger partial charge in [-0.3, -0.25) is 0 Å². The minimum Gasteiger partial charge on any atom is -0.422 e. The van der Waals surface area contributed by atoms with E-state index in [1.54, 1.807) is 6.21 Å². The maximum absolute atomic E-state index is 5.52. The Bertz CT molecular complexity index is 741. The Kier molecular flexibility index (Phi) is 3.21. The number of hydrogen-bond donors (Lipinski definition) is 1. The summed E-state index contributed by atoms with van der Waals surface area (Å²) in [5, 5.41) is 4.18. The van der Waals surface area contributed by atoms with E-state index in [0.717, 1.165) is 16.7 Å². The van der Waals surface area contributed by atoms with Crippen LogP contribution in [-0.4, -0.2) is 11.2 Å². The van der Waals surface area contributed by atoms with Crippen molar-refractivity contribution < 1.29 is 4.42 Å². The molecule has 0 spiro atoms. The fourth-order valence-electron chi connectivity index (χ4n) is 1.98. The van der Waals surface area contributed by atoms with E-state index < -0.39 is 0 Å². The van der Waals surface area contributed by atoms with E-state index in [9.17, 15) is 0 Å². The Morgan fingerprint density at radius 3 is 2.85 bits per heavy atom. The fraction of sp³-hybridized carbons (Fsp3) is 0.125. The van der Waals surface area contributed by atoms with E-state index in [4.69, 9.17) is 4.42 Å². The van der Waals surface area contributed by atoms with Gasteiger partial charge in [0.05, 0.1) is 6.21 Å². The van der Waals surface area contributed by atoms with E-state index in [-0.39, 0.29) is 0 Å². The van der Waals surface area contributed by atoms with Crippen LogP contribution in [0.1, 0.15) is 16.7 Å². The lowest BCUT2D eigenvalue weighted by Crippen LogP contribution is -1.93. The standard InChI is InChI=1S/C16H15N3O/c1-11-7-8-12(2)13(9-11)10-17-19-16-18-14-5-3-4-6-15(14)20-16/h3-10H,1-2H3,(H,18,19)/b17-10+. The number of oxazole rings is 1. The summed E-state index contributed by atoms with van der Waals surface area (Å²) in [5.41, 5.74) is 7.85. The van der Waals surface area contributed by atoms with Gasteiger partial charge in [0.15, 0.2) is 5.58 Å². The van der Waals surface area contributed by atoms with E-state index in [2.05, 4.69) is 47.6 Å². The molecule has 100 valence electrons. The molecular formula is C16H15N3O. The van der Waals surface area contributed by atoms with Crippen molar-refractivity contribution in [3.05, 3.63) is 59.2 Å². The van der Waals surface area contributed by atoms with Gasteiger partial charge >= 0.3 is 6.01 Å². The third-order valence-corrected chi connectivity index (χ3v) is 3.09. The van der Waals surface area contributed by atoms with Gasteiger partial charge in [-0.25, -0.2) is 5.43 Å². The molecule has 0 amide bonds. The average Bonchev–Trinajstić information content (AvgIpc) is 2.85. The summed E-state index contributed by atoms with van der Waals surface area (Å²) in [5.74, 6) is 0. The molecule has 0 aliphatic heterocycles. The summed E-state index contributed by atoms with van der Waals surface area (Å²) in [6, 6.07) is 14.3. The van der Waals surface area contributed by atoms with Crippen LogP contribution >= 0.6 is 0 Å². The topological polar surface area (TPSA) is 50.4 Å². The van der Waals surface area contributed by atoms with Gasteiger partial charge in [0.2, 0.25) is 0 Å². The molecule has 3 aromatic rings. The Hall–Kier alpha value is -2.62. The number of anilines is 1. The third-order valence-electron chi connectivity index (χ3n) is 3.09. The van der Waals surface area contributed by atoms with Crippen molar-refractivity contribution in [2.45, 2.75) is 13.8 Å². The van der Waals surface area contributed by atoms with Gasteiger partial charge in [0.1, 0.15) is 5.52 Å². The predicted octanol–water partition coefficient (Wildman–Crippen LogP) is 3.89. The highest BCUT2D eigenvalue weighted by Gasteiger charge is 2.02. The number of nitrogens with one attached hydrogen (secondary N) is 1. The number of fused-ring (bicyclic) bond motifs is 1. The first-order valence-electron chi connectivity index (χ1n) is 6.44. The van der Waals surface area contributed by atoms with E-state index in [1.807, 2.05) is 24.3 Å². The molecule has 1 N–H and O–H groups in total. The predicted molar refractivity (Wildman–Crippen MR) is 81.1 cm³/mol. The van der Waals surface area contributed by atoms with Crippen molar-refractivity contribution in [2.24, 2.45) is 5.10 Å². The molecule has 0 fully saturated rings. The summed E-state index contributed by atoms with van der Waals surface area (Å²) < 4.78 is 5.52. The Labute approximate surface area is 117 Å². The van der Waals surface area contributed by atoms with Gasteiger partial charge in [-0.2, -0.15) is 10.1 Å². The number of nitrogens with zero attached hydrogens (tertiary/aromatic N) is 2. The second kappa shape index (κ2) is 5.17. The van der Waals surface area contributed by atoms with Crippen LogP contribution < -0.4 is 5.43 Å². The van der Waals surface area contributed by atoms with Crippen molar-refractivity contribution >= 4 is 23.3 Å². The quantitative estimate of drug-likeness (QED) is 0.577. The molecule has 4 nitrogen and oxygen atoms in total. The lowest BCUT2D eigenvalue weighted by molar-refractivity contribution is 0.617. The second-order valence-corrected chi connectivity index (χ2v) is 4.72. The minimum absolute atomic E-state index is 0.396. The molecule has 4 heteroatoms. The normalized spacial score (nSPS) is 11.3. The molecule has 0 bridgehead atoms. The van der Waals surface area contributed by atoms with Gasteiger partial charge in [-0.05, 0) is 37.1 Å². The highest BCUT2D eigenvalue weighted by Crippen LogP contribution is 2.17. The number of benzene rings is 2. The van der Waals surface area contributed by atoms with Crippen molar-refractivity contribution in [1.82, 2.24) is 4.98 Å². The number of aryl methyl sites for hydroxylation is 2. The first kappa shape index (κ1) is 12.4. The Morgan fingerprint density at radius 2 is 2.00 bits per heavy atom. The van der Waals surface area contributed by atoms with Gasteiger partial charge in [-0.1, -0.05) is 35.9 Å². The minimum atomic E-state index is 0.396. The highest BCUT2D eigenvalue weighted by atomic mass is 16.4. The maximum atomic E-state index is 5.52. The number of hydrazone groups is 1. The second-order valence-electron chi connectivity index (χ2n) is 4.72. The van der Waals surface area contributed by atoms with Gasteiger partial charge < -0.3 is 4.42 Å². The summed E-state index contributed by atoms with van der Waals surface area (Å²) in [4.78, 5) is 4.29. The first-order valence-corrected chi connectivity index (χ1v) is 6.44. The molecule has 0 radical (unpaired) electrons. The lowest BCUT2D eigenvalue weighted by Gasteiger charge is -2.00. The summed E-state index contributed by atoms with van der Waals surface area (Å²) >= 11 is 0. The summed E-state index contributed by atoms with van der Waals surface area (Å²) in [7, 11) is 0. The largest absolute Gasteiger partial charge is 0.422 e. The molecule has 1 aromatic heterocycles. The monoisotopic (exact) mass is 265 g/mol. The summed E-state index contributed by atoms with van der Waals surface area (Å²) in [6.45, 7) is 4.12. The Balaban J connectivity index is 1.78. The number of para-hydroxylation sites is 2. The maximum Gasteiger partial charge on any atom is 0.316 e. The van der Waals surface area contributed by atoms with Crippen LogP contribution in [0.15, 0.2) is 52.0 Å². The molecule has 2 aromatic carbocycles. The van der Waals surface area contributed by atoms with Crippen molar-refractivity contribution in [3.63, 3.8) is 0 Å². The number of aromatic nitrogens is 1. The molecule has 3 rings (SSSR count). The van der Waals surface area contributed by atoms with Gasteiger partial charge in [-0.15, -0.1) is 0 Å². The molecule has 0 atom stereocenters. The molecule has 0 saturated carbocycles. The zero-order valence-electron chi connectivity index (χ0n) is 11.4. The first-order chi connectivity index (χ1) is 9.72. The zero-order chi connectivity index (χ0) is 13.9. The highest BCUT2D eigenvalue weighted by molar-refractivity contribution is 5.82. The van der Waals surface area contributed by atoms with Crippen LogP contribution in [0.3, 0.4) is 0 Å². The number of hydrogen-bond acceptors (Lipinski definition) is 4. The molecule has 0 saturated heterocycles. The van der Waals surface area contributed by atoms with E-state index >= 15 is 0 Å². The fourth-order valence-corrected chi connectivity index (χ4v) is 1.98. The van der Waals surface area contributed by atoms with Crippen LogP contribution in [0.2, 0.25) is 0 Å². The molecule has 1 heterocycles. The van der Waals surface area contributed by atoms with Gasteiger partial charge in [0, 0.05) is 0 Å². The van der Waals surface area contributed by atoms with Crippen molar-refractivity contribution in [2.75, 3.05) is 5.43 Å². The van der Waals surface area contributed by atoms with Crippen molar-refractivity contribution in [3.8, 4) is 0 Å². The molecule has 0 aliphatic rings. The summed E-state index contributed by atoms with van der Waals surface area (Å²) in [6.07, 6.45) is 1.78. The lowest BCUT2D eigenvalue weighted by atomic mass is 10.1. The van der Waals surface area contributed by atoms with Crippen LogP contribution in [-0.2, 0) is 0 Å². The van der Waals surface area contributed by atoms with E-state index in [0.29, 0.717) is 6.01 Å². The average molecular weight is 265 g/mol. The van der Waals surface area contributed by atoms with Gasteiger partial charge in [0.25, 0.3) is 0 Å². The van der Waals surface area contributed by atoms with Crippen molar-refractivity contribution in [1.29, 1.82) is 0 Å². The van der Waals surface area contributed by atoms with Crippen LogP contribution in [0.4, 0.5) is 6.01 Å². The molecule has 0 aliphatic carbocycles. The van der Waals surface area contributed by atoms with Crippen LogP contribution in [0.5, 0.6) is 0 Å². The van der Waals surface area contributed by atoms with Crippen LogP contribution in [0.25, 0.3) is 11.1 Å². The molecule has 0 unspecified atom stereocenters. The molecule has 20 heavy (non-hydrogen) atoms. The number of rotatable bonds is 3. The SMILES string of the molecule is Cc1ccc(C)c(/C=N/Nc2nc3ccccc3o2)c1.